The third-order valence-electron chi connectivity index (χ3n) is 4.52. The summed E-state index contributed by atoms with van der Waals surface area (Å²) in [7, 11) is 1.85. The molecular weight excluding hydrogens is 354 g/mol. The number of hydrogen-bond acceptors (Lipinski definition) is 4. The molecule has 142 valence electrons. The Hall–Kier alpha value is -3.54. The van der Waals surface area contributed by atoms with Crippen LogP contribution >= 0.6 is 0 Å². The molecule has 28 heavy (non-hydrogen) atoms. The Morgan fingerprint density at radius 2 is 1.93 bits per heavy atom. The van der Waals surface area contributed by atoms with Crippen LogP contribution in [-0.4, -0.2) is 15.7 Å². The van der Waals surface area contributed by atoms with Gasteiger partial charge in [-0.25, -0.2) is 0 Å². The number of amides is 1. The summed E-state index contributed by atoms with van der Waals surface area (Å²) < 4.78 is 13.2. The molecule has 0 unspecified atom stereocenters. The third kappa shape index (κ3) is 3.91. The summed E-state index contributed by atoms with van der Waals surface area (Å²) in [5, 5.41) is 9.38. The lowest BCUT2D eigenvalue weighted by molar-refractivity contribution is 0.0918. The number of carbonyl (C=O) groups excluding carboxylic acids is 1. The Labute approximate surface area is 162 Å². The summed E-state index contributed by atoms with van der Waals surface area (Å²) in [6, 6.07) is 19.4. The van der Waals surface area contributed by atoms with Crippen molar-refractivity contribution in [3.05, 3.63) is 83.6 Å². The molecule has 1 N–H and O–H groups in total. The minimum Gasteiger partial charge on any atom is -0.486 e. The maximum Gasteiger partial charge on any atom is 0.287 e. The monoisotopic (exact) mass is 375 g/mol. The van der Waals surface area contributed by atoms with Crippen molar-refractivity contribution in [2.24, 2.45) is 7.05 Å². The molecule has 4 aromatic rings. The van der Waals surface area contributed by atoms with Crippen LogP contribution in [0.2, 0.25) is 0 Å². The van der Waals surface area contributed by atoms with Gasteiger partial charge in [0.2, 0.25) is 0 Å². The maximum absolute atomic E-state index is 12.3. The molecule has 0 bridgehead atoms. The largest absolute Gasteiger partial charge is 0.486 e. The first kappa shape index (κ1) is 17.9. The summed E-state index contributed by atoms with van der Waals surface area (Å²) >= 11 is 0. The predicted molar refractivity (Wildman–Crippen MR) is 106 cm³/mol. The molecular formula is C22H21N3O3. The zero-order valence-electron chi connectivity index (χ0n) is 15.8. The number of benzene rings is 2. The number of aromatic nitrogens is 2. The van der Waals surface area contributed by atoms with Crippen LogP contribution < -0.4 is 10.1 Å². The zero-order valence-corrected chi connectivity index (χ0v) is 15.8. The van der Waals surface area contributed by atoms with Crippen LogP contribution in [-0.2, 0) is 20.2 Å². The topological polar surface area (TPSA) is 69.3 Å². The molecule has 0 saturated heterocycles. The van der Waals surface area contributed by atoms with Crippen LogP contribution in [0, 0.1) is 6.92 Å². The fraction of sp³-hybridized carbons (Fsp3) is 0.182. The molecule has 0 spiro atoms. The molecule has 4 rings (SSSR count). The van der Waals surface area contributed by atoms with Gasteiger partial charge in [-0.15, -0.1) is 0 Å². The van der Waals surface area contributed by atoms with E-state index in [-0.39, 0.29) is 18.3 Å². The second kappa shape index (κ2) is 7.60. The van der Waals surface area contributed by atoms with Crippen molar-refractivity contribution in [3.63, 3.8) is 0 Å². The minimum atomic E-state index is -0.268. The van der Waals surface area contributed by atoms with E-state index in [1.165, 1.54) is 0 Å². The first-order valence-corrected chi connectivity index (χ1v) is 9.06. The number of rotatable bonds is 6. The highest BCUT2D eigenvalue weighted by Crippen LogP contribution is 2.21. The van der Waals surface area contributed by atoms with Gasteiger partial charge in [0.25, 0.3) is 5.91 Å². The fourth-order valence-corrected chi connectivity index (χ4v) is 3.08. The first-order chi connectivity index (χ1) is 13.6. The molecule has 1 amide bonds. The van der Waals surface area contributed by atoms with Gasteiger partial charge >= 0.3 is 0 Å². The van der Waals surface area contributed by atoms with Crippen molar-refractivity contribution in [2.45, 2.75) is 20.1 Å². The molecule has 6 heteroatoms. The number of furan rings is 1. The van der Waals surface area contributed by atoms with E-state index in [9.17, 15) is 4.79 Å². The molecule has 2 aromatic heterocycles. The Morgan fingerprint density at radius 1 is 1.11 bits per heavy atom. The van der Waals surface area contributed by atoms with Crippen LogP contribution in [0.3, 0.4) is 0 Å². The van der Waals surface area contributed by atoms with Gasteiger partial charge in [0.05, 0.1) is 17.9 Å². The number of nitrogens with one attached hydrogen (secondary N) is 1. The molecule has 0 atom stereocenters. The van der Waals surface area contributed by atoms with Crippen molar-refractivity contribution < 1.29 is 13.9 Å². The van der Waals surface area contributed by atoms with Gasteiger partial charge in [-0.2, -0.15) is 5.10 Å². The number of hydrogen-bond donors (Lipinski definition) is 1. The number of ether oxygens (including phenoxy) is 1. The lowest BCUT2D eigenvalue weighted by Gasteiger charge is -2.06. The second-order valence-electron chi connectivity index (χ2n) is 6.65. The second-order valence-corrected chi connectivity index (χ2v) is 6.65. The summed E-state index contributed by atoms with van der Waals surface area (Å²) in [5.74, 6) is 1.34. The third-order valence-corrected chi connectivity index (χ3v) is 4.52. The normalized spacial score (nSPS) is 10.9. The lowest BCUT2D eigenvalue weighted by atomic mass is 10.1. The van der Waals surface area contributed by atoms with E-state index in [0.717, 1.165) is 27.9 Å². The van der Waals surface area contributed by atoms with Gasteiger partial charge in [-0.3, -0.25) is 9.48 Å². The van der Waals surface area contributed by atoms with Crippen LogP contribution in [0.1, 0.15) is 27.7 Å². The van der Waals surface area contributed by atoms with Crippen molar-refractivity contribution in [1.82, 2.24) is 15.1 Å². The zero-order chi connectivity index (χ0) is 19.5. The molecule has 6 nitrogen and oxygen atoms in total. The summed E-state index contributed by atoms with van der Waals surface area (Å²) in [4.78, 5) is 12.3. The van der Waals surface area contributed by atoms with E-state index in [4.69, 9.17) is 9.15 Å². The highest BCUT2D eigenvalue weighted by atomic mass is 16.5. The molecule has 2 heterocycles. The Morgan fingerprint density at radius 3 is 2.71 bits per heavy atom. The van der Waals surface area contributed by atoms with Crippen LogP contribution in [0.15, 0.2) is 65.1 Å². The lowest BCUT2D eigenvalue weighted by Crippen LogP contribution is -2.23. The highest BCUT2D eigenvalue weighted by Gasteiger charge is 2.12. The van der Waals surface area contributed by atoms with Crippen molar-refractivity contribution in [1.29, 1.82) is 0 Å². The molecule has 0 aliphatic rings. The summed E-state index contributed by atoms with van der Waals surface area (Å²) in [6.07, 6.45) is 0. The highest BCUT2D eigenvalue weighted by molar-refractivity contribution is 5.91. The molecule has 0 aliphatic carbocycles. The van der Waals surface area contributed by atoms with Crippen molar-refractivity contribution >= 4 is 16.7 Å². The van der Waals surface area contributed by atoms with Gasteiger partial charge < -0.3 is 14.5 Å². The van der Waals surface area contributed by atoms with E-state index >= 15 is 0 Å². The van der Waals surface area contributed by atoms with Crippen LogP contribution in [0.4, 0.5) is 0 Å². The van der Waals surface area contributed by atoms with Crippen LogP contribution in [0.25, 0.3) is 10.8 Å². The molecule has 0 saturated carbocycles. The van der Waals surface area contributed by atoms with Gasteiger partial charge in [-0.05, 0) is 48.0 Å². The van der Waals surface area contributed by atoms with Crippen LogP contribution in [0.5, 0.6) is 5.75 Å². The first-order valence-electron chi connectivity index (χ1n) is 9.06. The van der Waals surface area contributed by atoms with Crippen molar-refractivity contribution in [3.8, 4) is 5.75 Å². The van der Waals surface area contributed by atoms with Gasteiger partial charge in [0.15, 0.2) is 5.76 Å². The number of carbonyl (C=O) groups is 1. The smallest absolute Gasteiger partial charge is 0.287 e. The van der Waals surface area contributed by atoms with Gasteiger partial charge in [0, 0.05) is 7.05 Å². The maximum atomic E-state index is 12.3. The number of nitrogens with zero attached hydrogens (tertiary/aromatic N) is 2. The predicted octanol–water partition coefficient (Wildman–Crippen LogP) is 3.98. The number of aryl methyl sites for hydroxylation is 2. The van der Waals surface area contributed by atoms with E-state index in [2.05, 4.69) is 16.5 Å². The summed E-state index contributed by atoms with van der Waals surface area (Å²) in [5.41, 5.74) is 1.84. The average molecular weight is 375 g/mol. The fourth-order valence-electron chi connectivity index (χ4n) is 3.08. The summed E-state index contributed by atoms with van der Waals surface area (Å²) in [6.45, 7) is 2.56. The Balaban J connectivity index is 1.35. The van der Waals surface area contributed by atoms with E-state index in [0.29, 0.717) is 12.3 Å². The number of fused-ring (bicyclic) bond motifs is 1. The average Bonchev–Trinajstić information content (AvgIpc) is 3.30. The standard InChI is InChI=1S/C22H21N3O3/c1-15-11-18(25(2)24-15)13-23-22(26)21-10-9-20(28-21)14-27-19-8-7-16-5-3-4-6-17(16)12-19/h3-12H,13-14H2,1-2H3,(H,23,26). The SMILES string of the molecule is Cc1cc(CNC(=O)c2ccc(COc3ccc4ccccc4c3)o2)n(C)n1. The quantitative estimate of drug-likeness (QED) is 0.553. The molecule has 0 fully saturated rings. The van der Waals surface area contributed by atoms with Crippen molar-refractivity contribution in [2.75, 3.05) is 0 Å². The van der Waals surface area contributed by atoms with Gasteiger partial charge in [0.1, 0.15) is 18.1 Å². The molecule has 2 aromatic carbocycles. The van der Waals surface area contributed by atoms with E-state index < -0.39 is 0 Å². The Bertz CT molecular complexity index is 1130. The van der Waals surface area contributed by atoms with E-state index in [1.54, 1.807) is 16.8 Å². The molecule has 0 radical (unpaired) electrons. The minimum absolute atomic E-state index is 0.256. The van der Waals surface area contributed by atoms with Gasteiger partial charge in [-0.1, -0.05) is 30.3 Å². The molecule has 0 aliphatic heterocycles. The van der Waals surface area contributed by atoms with E-state index in [1.807, 2.05) is 56.4 Å². The Kier molecular flexibility index (Phi) is 4.85.